The van der Waals surface area contributed by atoms with Crippen LogP contribution in [0.4, 0.5) is 0 Å². The predicted octanol–water partition coefficient (Wildman–Crippen LogP) is 3.73. The highest BCUT2D eigenvalue weighted by Crippen LogP contribution is 2.29. The van der Waals surface area contributed by atoms with Crippen molar-refractivity contribution in [1.82, 2.24) is 4.90 Å². The van der Waals surface area contributed by atoms with Crippen molar-refractivity contribution in [3.05, 3.63) is 70.3 Å². The third-order valence-corrected chi connectivity index (χ3v) is 5.01. The fourth-order valence-corrected chi connectivity index (χ4v) is 3.21. The van der Waals surface area contributed by atoms with Gasteiger partial charge in [-0.15, -0.1) is 0 Å². The zero-order valence-electron chi connectivity index (χ0n) is 17.4. The van der Waals surface area contributed by atoms with Gasteiger partial charge in [0.15, 0.2) is 11.5 Å². The summed E-state index contributed by atoms with van der Waals surface area (Å²) in [5.74, 6) is -0.465. The highest BCUT2D eigenvalue weighted by molar-refractivity contribution is 6.32. The average molecular weight is 453 g/mol. The van der Waals surface area contributed by atoms with E-state index in [-0.39, 0.29) is 23.0 Å². The predicted molar refractivity (Wildman–Crippen MR) is 120 cm³/mol. The molecule has 0 bridgehead atoms. The summed E-state index contributed by atoms with van der Waals surface area (Å²) in [5.41, 5.74) is 1.25. The Morgan fingerprint density at radius 1 is 1.16 bits per heavy atom. The molecule has 0 spiro atoms. The quantitative estimate of drug-likeness (QED) is 0.287. The van der Waals surface area contributed by atoms with E-state index < -0.39 is 5.97 Å². The first-order valence-electron chi connectivity index (χ1n) is 9.83. The van der Waals surface area contributed by atoms with Gasteiger partial charge in [-0.05, 0) is 41.5 Å². The number of nitrogens with zero attached hydrogens (tertiary/aromatic N) is 2. The molecule has 3 rings (SSSR count). The lowest BCUT2D eigenvalue weighted by atomic mass is 10.1. The Balaban J connectivity index is 1.74. The maximum atomic E-state index is 12.6. The first kappa shape index (κ1) is 23.1. The van der Waals surface area contributed by atoms with Crippen LogP contribution in [0.5, 0.6) is 11.5 Å². The van der Waals surface area contributed by atoms with E-state index in [1.54, 1.807) is 47.4 Å². The van der Waals surface area contributed by atoms with Crippen molar-refractivity contribution in [3.63, 3.8) is 0 Å². The number of benzene rings is 2. The highest BCUT2D eigenvalue weighted by Gasteiger charge is 2.20. The summed E-state index contributed by atoms with van der Waals surface area (Å²) in [5, 5.41) is 9.97. The van der Waals surface area contributed by atoms with Gasteiger partial charge in [-0.25, -0.2) is 4.79 Å². The maximum Gasteiger partial charge on any atom is 0.336 e. The molecule has 0 N–H and O–H groups in total. The van der Waals surface area contributed by atoms with Crippen molar-refractivity contribution >= 4 is 35.6 Å². The number of carbonyl (C=O) groups excluding carboxylic acids is 2. The average Bonchev–Trinajstić information content (AvgIpc) is 2.83. The van der Waals surface area contributed by atoms with Crippen LogP contribution < -0.4 is 9.47 Å². The number of hydrogen-bond acceptors (Lipinski definition) is 6. The number of rotatable bonds is 6. The van der Waals surface area contributed by atoms with Crippen molar-refractivity contribution in [3.8, 4) is 17.6 Å². The zero-order chi connectivity index (χ0) is 22.9. The van der Waals surface area contributed by atoms with Crippen molar-refractivity contribution in [2.24, 2.45) is 0 Å². The highest BCUT2D eigenvalue weighted by atomic mass is 35.5. The summed E-state index contributed by atoms with van der Waals surface area (Å²) >= 11 is 6.07. The second kappa shape index (κ2) is 11.1. The van der Waals surface area contributed by atoms with E-state index in [0.29, 0.717) is 42.5 Å². The van der Waals surface area contributed by atoms with E-state index in [2.05, 4.69) is 0 Å². The van der Waals surface area contributed by atoms with Crippen LogP contribution in [-0.2, 0) is 14.3 Å². The van der Waals surface area contributed by atoms with E-state index in [9.17, 15) is 14.9 Å². The fraction of sp³-hybridized carbons (Fsp3) is 0.208. The summed E-state index contributed by atoms with van der Waals surface area (Å²) in [6.45, 7) is 1.78. The number of esters is 1. The van der Waals surface area contributed by atoms with Crippen molar-refractivity contribution < 1.29 is 23.8 Å². The van der Waals surface area contributed by atoms with Gasteiger partial charge in [0.05, 0.1) is 20.3 Å². The summed E-state index contributed by atoms with van der Waals surface area (Å²) in [7, 11) is 1.43. The van der Waals surface area contributed by atoms with Crippen molar-refractivity contribution in [2.75, 3.05) is 33.4 Å². The van der Waals surface area contributed by atoms with Crippen LogP contribution in [0.3, 0.4) is 0 Å². The molecule has 2 aromatic carbocycles. The standard InChI is InChI=1S/C24H21ClN2O5/c1-30-22-15-17(14-19(16-26)24(29)27-10-12-31-13-11-27)6-8-21(22)32-23(28)9-7-18-4-2-3-5-20(18)25/h2-9,14-15H,10-13H2,1H3/b9-7+,19-14+. The largest absolute Gasteiger partial charge is 0.493 e. The van der Waals surface area contributed by atoms with Gasteiger partial charge < -0.3 is 19.1 Å². The molecule has 1 fully saturated rings. The number of nitriles is 1. The second-order valence-electron chi connectivity index (χ2n) is 6.76. The molecule has 0 saturated carbocycles. The van der Waals surface area contributed by atoms with Crippen molar-refractivity contribution in [1.29, 1.82) is 5.26 Å². The number of ether oxygens (including phenoxy) is 3. The summed E-state index contributed by atoms with van der Waals surface area (Å²) in [6.07, 6.45) is 4.30. The van der Waals surface area contributed by atoms with E-state index in [1.165, 1.54) is 19.3 Å². The Morgan fingerprint density at radius 2 is 1.91 bits per heavy atom. The number of hydrogen-bond donors (Lipinski definition) is 0. The minimum Gasteiger partial charge on any atom is -0.493 e. The molecule has 7 nitrogen and oxygen atoms in total. The van der Waals surface area contributed by atoms with E-state index in [4.69, 9.17) is 25.8 Å². The number of amides is 1. The second-order valence-corrected chi connectivity index (χ2v) is 7.17. The van der Waals surface area contributed by atoms with Gasteiger partial charge >= 0.3 is 5.97 Å². The molecular weight excluding hydrogens is 432 g/mol. The van der Waals surface area contributed by atoms with Gasteiger partial charge in [0.1, 0.15) is 11.6 Å². The van der Waals surface area contributed by atoms with Crippen LogP contribution in [0, 0.1) is 11.3 Å². The molecule has 1 saturated heterocycles. The molecule has 1 aliphatic heterocycles. The molecule has 0 radical (unpaired) electrons. The summed E-state index contributed by atoms with van der Waals surface area (Å²) in [6, 6.07) is 13.8. The minimum atomic E-state index is -0.605. The Labute approximate surface area is 191 Å². The molecule has 1 aliphatic rings. The molecule has 2 aromatic rings. The van der Waals surface area contributed by atoms with E-state index in [0.717, 1.165) is 0 Å². The van der Waals surface area contributed by atoms with Crippen LogP contribution in [0.25, 0.3) is 12.2 Å². The third kappa shape index (κ3) is 5.97. The zero-order valence-corrected chi connectivity index (χ0v) is 18.2. The molecule has 1 amide bonds. The van der Waals surface area contributed by atoms with Crippen LogP contribution in [0.15, 0.2) is 54.1 Å². The lowest BCUT2D eigenvalue weighted by Crippen LogP contribution is -2.41. The van der Waals surface area contributed by atoms with Gasteiger partial charge in [-0.2, -0.15) is 5.26 Å². The lowest BCUT2D eigenvalue weighted by Gasteiger charge is -2.26. The molecule has 0 aliphatic carbocycles. The Hall–Kier alpha value is -3.60. The lowest BCUT2D eigenvalue weighted by molar-refractivity contribution is -0.130. The molecule has 8 heteroatoms. The number of methoxy groups -OCH3 is 1. The number of carbonyl (C=O) groups is 2. The summed E-state index contributed by atoms with van der Waals surface area (Å²) < 4.78 is 15.9. The van der Waals surface area contributed by atoms with Crippen LogP contribution in [0.1, 0.15) is 11.1 Å². The molecule has 0 atom stereocenters. The molecule has 32 heavy (non-hydrogen) atoms. The Bertz CT molecular complexity index is 1100. The topological polar surface area (TPSA) is 88.9 Å². The van der Waals surface area contributed by atoms with Gasteiger partial charge in [-0.3, -0.25) is 4.79 Å². The first-order valence-corrected chi connectivity index (χ1v) is 10.2. The first-order chi connectivity index (χ1) is 15.5. The van der Waals surface area contributed by atoms with E-state index >= 15 is 0 Å². The monoisotopic (exact) mass is 452 g/mol. The SMILES string of the molecule is COc1cc(/C=C(\C#N)C(=O)N2CCOCC2)ccc1OC(=O)/C=C/c1ccccc1Cl. The van der Waals surface area contributed by atoms with Gasteiger partial charge in [0, 0.05) is 24.2 Å². The van der Waals surface area contributed by atoms with Crippen LogP contribution >= 0.6 is 11.6 Å². The molecular formula is C24H21ClN2O5. The smallest absolute Gasteiger partial charge is 0.336 e. The summed E-state index contributed by atoms with van der Waals surface area (Å²) in [4.78, 5) is 26.4. The van der Waals surface area contributed by atoms with Crippen LogP contribution in [-0.4, -0.2) is 50.2 Å². The van der Waals surface area contributed by atoms with Gasteiger partial charge in [0.2, 0.25) is 0 Å². The number of morpholine rings is 1. The van der Waals surface area contributed by atoms with Crippen LogP contribution in [0.2, 0.25) is 5.02 Å². The third-order valence-electron chi connectivity index (χ3n) is 4.66. The van der Waals surface area contributed by atoms with E-state index in [1.807, 2.05) is 12.1 Å². The fourth-order valence-electron chi connectivity index (χ4n) is 3.01. The van der Waals surface area contributed by atoms with Gasteiger partial charge in [0.25, 0.3) is 5.91 Å². The maximum absolute atomic E-state index is 12.6. The molecule has 0 unspecified atom stereocenters. The molecule has 1 heterocycles. The normalized spacial score (nSPS) is 14.2. The Kier molecular flexibility index (Phi) is 8.03. The molecule has 0 aromatic heterocycles. The number of halogens is 1. The van der Waals surface area contributed by atoms with Crippen molar-refractivity contribution in [2.45, 2.75) is 0 Å². The van der Waals surface area contributed by atoms with Gasteiger partial charge in [-0.1, -0.05) is 35.9 Å². The Morgan fingerprint density at radius 3 is 2.59 bits per heavy atom. The molecule has 164 valence electrons. The minimum absolute atomic E-state index is 0.00127.